The van der Waals surface area contributed by atoms with E-state index < -0.39 is 10.0 Å². The highest BCUT2D eigenvalue weighted by Gasteiger charge is 2.23. The smallest absolute Gasteiger partial charge is 0.263 e. The number of fused-ring (bicyclic) bond motifs is 1. The van der Waals surface area contributed by atoms with Crippen LogP contribution >= 0.6 is 31.9 Å². The standard InChI is InChI=1S/C14H11Br2NO4S/c15-9-2-1-3-10(6-9)17-22(18,19)14-8-13-12(7-11(14)16)20-4-5-21-13/h1-3,6-8,17H,4-5H2. The van der Waals surface area contributed by atoms with Crippen LogP contribution in [0.4, 0.5) is 5.69 Å². The minimum atomic E-state index is -3.75. The first-order valence-electron chi connectivity index (χ1n) is 6.33. The molecule has 1 aliphatic heterocycles. The molecule has 116 valence electrons. The van der Waals surface area contributed by atoms with Crippen molar-refractivity contribution in [1.29, 1.82) is 0 Å². The van der Waals surface area contributed by atoms with E-state index in [1.165, 1.54) is 6.07 Å². The Morgan fingerprint density at radius 3 is 2.36 bits per heavy atom. The molecule has 1 N–H and O–H groups in total. The summed E-state index contributed by atoms with van der Waals surface area (Å²) >= 11 is 6.58. The Morgan fingerprint density at radius 1 is 1.00 bits per heavy atom. The summed E-state index contributed by atoms with van der Waals surface area (Å²) in [6.45, 7) is 0.842. The fraction of sp³-hybridized carbons (Fsp3) is 0.143. The summed E-state index contributed by atoms with van der Waals surface area (Å²) in [6, 6.07) is 9.99. The van der Waals surface area contributed by atoms with Gasteiger partial charge in [-0.05, 0) is 40.2 Å². The summed E-state index contributed by atoms with van der Waals surface area (Å²) in [5, 5.41) is 0. The summed E-state index contributed by atoms with van der Waals surface area (Å²) in [4.78, 5) is 0.0942. The van der Waals surface area contributed by atoms with Gasteiger partial charge < -0.3 is 9.47 Å². The lowest BCUT2D eigenvalue weighted by Gasteiger charge is -2.20. The van der Waals surface area contributed by atoms with E-state index in [1.54, 1.807) is 24.3 Å². The molecular formula is C14H11Br2NO4S. The van der Waals surface area contributed by atoms with Crippen molar-refractivity contribution >= 4 is 47.6 Å². The van der Waals surface area contributed by atoms with Gasteiger partial charge in [-0.25, -0.2) is 8.42 Å². The molecular weight excluding hydrogens is 438 g/mol. The maximum atomic E-state index is 12.6. The number of halogens is 2. The van der Waals surface area contributed by atoms with Crippen molar-refractivity contribution in [2.75, 3.05) is 17.9 Å². The van der Waals surface area contributed by atoms with Gasteiger partial charge in [-0.2, -0.15) is 0 Å². The molecule has 0 aromatic heterocycles. The third kappa shape index (κ3) is 3.23. The van der Waals surface area contributed by atoms with Crippen LogP contribution in [0.5, 0.6) is 11.5 Å². The molecule has 0 amide bonds. The van der Waals surface area contributed by atoms with E-state index in [4.69, 9.17) is 9.47 Å². The largest absolute Gasteiger partial charge is 0.486 e. The van der Waals surface area contributed by atoms with Crippen molar-refractivity contribution in [3.63, 3.8) is 0 Å². The zero-order valence-corrected chi connectivity index (χ0v) is 15.2. The number of hydrogen-bond donors (Lipinski definition) is 1. The maximum absolute atomic E-state index is 12.6. The van der Waals surface area contributed by atoms with Gasteiger partial charge >= 0.3 is 0 Å². The third-order valence-corrected chi connectivity index (χ3v) is 5.80. The first-order chi connectivity index (χ1) is 10.5. The quantitative estimate of drug-likeness (QED) is 0.775. The van der Waals surface area contributed by atoms with Gasteiger partial charge in [0.2, 0.25) is 0 Å². The van der Waals surface area contributed by atoms with E-state index in [2.05, 4.69) is 36.6 Å². The van der Waals surface area contributed by atoms with E-state index in [1.807, 2.05) is 6.07 Å². The van der Waals surface area contributed by atoms with Gasteiger partial charge in [-0.3, -0.25) is 4.72 Å². The van der Waals surface area contributed by atoms with E-state index in [0.717, 1.165) is 4.47 Å². The lowest BCUT2D eigenvalue weighted by atomic mass is 10.3. The van der Waals surface area contributed by atoms with E-state index in [-0.39, 0.29) is 4.90 Å². The lowest BCUT2D eigenvalue weighted by Crippen LogP contribution is -2.18. The molecule has 1 heterocycles. The van der Waals surface area contributed by atoms with Crippen molar-refractivity contribution in [3.05, 3.63) is 45.3 Å². The number of anilines is 1. The van der Waals surface area contributed by atoms with Gasteiger partial charge in [0, 0.05) is 20.7 Å². The van der Waals surface area contributed by atoms with Crippen LogP contribution in [0.25, 0.3) is 0 Å². The Bertz CT molecular complexity index is 824. The van der Waals surface area contributed by atoms with Gasteiger partial charge in [0.15, 0.2) is 11.5 Å². The molecule has 8 heteroatoms. The average Bonchev–Trinajstić information content (AvgIpc) is 2.46. The second kappa shape index (κ2) is 6.10. The Balaban J connectivity index is 1.98. The average molecular weight is 449 g/mol. The molecule has 0 spiro atoms. The highest BCUT2D eigenvalue weighted by atomic mass is 79.9. The van der Waals surface area contributed by atoms with E-state index >= 15 is 0 Å². The van der Waals surface area contributed by atoms with Crippen molar-refractivity contribution < 1.29 is 17.9 Å². The number of hydrogen-bond acceptors (Lipinski definition) is 4. The molecule has 5 nitrogen and oxygen atoms in total. The predicted molar refractivity (Wildman–Crippen MR) is 90.1 cm³/mol. The zero-order chi connectivity index (χ0) is 15.7. The Morgan fingerprint density at radius 2 is 1.68 bits per heavy atom. The normalized spacial score (nSPS) is 13.7. The SMILES string of the molecule is O=S(=O)(Nc1cccc(Br)c1)c1cc2c(cc1Br)OCCO2. The third-order valence-electron chi connectivity index (χ3n) is 2.96. The van der Waals surface area contributed by atoms with Gasteiger partial charge in [-0.15, -0.1) is 0 Å². The fourth-order valence-electron chi connectivity index (χ4n) is 2.01. The van der Waals surface area contributed by atoms with Crippen LogP contribution in [-0.4, -0.2) is 21.6 Å². The van der Waals surface area contributed by atoms with Crippen LogP contribution in [0, 0.1) is 0 Å². The summed E-state index contributed by atoms with van der Waals surface area (Å²) in [7, 11) is -3.75. The van der Waals surface area contributed by atoms with Crippen LogP contribution in [-0.2, 0) is 10.0 Å². The summed E-state index contributed by atoms with van der Waals surface area (Å²) in [5.41, 5.74) is 0.469. The molecule has 2 aromatic carbocycles. The van der Waals surface area contributed by atoms with Gasteiger partial charge in [0.05, 0.1) is 0 Å². The fourth-order valence-corrected chi connectivity index (χ4v) is 4.50. The molecule has 0 fully saturated rings. The molecule has 0 saturated carbocycles. The molecule has 22 heavy (non-hydrogen) atoms. The predicted octanol–water partition coefficient (Wildman–Crippen LogP) is 3.78. The molecule has 1 aliphatic rings. The zero-order valence-electron chi connectivity index (χ0n) is 11.2. The van der Waals surface area contributed by atoms with Gasteiger partial charge in [-0.1, -0.05) is 22.0 Å². The molecule has 0 saturated heterocycles. The summed E-state index contributed by atoms with van der Waals surface area (Å²) in [5.74, 6) is 0.948. The Kier molecular flexibility index (Phi) is 4.33. The van der Waals surface area contributed by atoms with Crippen molar-refractivity contribution in [1.82, 2.24) is 0 Å². The highest BCUT2D eigenvalue weighted by Crippen LogP contribution is 2.38. The molecule has 2 aromatic rings. The lowest BCUT2D eigenvalue weighted by molar-refractivity contribution is 0.171. The monoisotopic (exact) mass is 447 g/mol. The Hall–Kier alpha value is -1.25. The van der Waals surface area contributed by atoms with E-state index in [9.17, 15) is 8.42 Å². The van der Waals surface area contributed by atoms with Crippen LogP contribution in [0.15, 0.2) is 50.2 Å². The first kappa shape index (κ1) is 15.6. The molecule has 0 unspecified atom stereocenters. The molecule has 0 atom stereocenters. The van der Waals surface area contributed by atoms with E-state index in [0.29, 0.717) is 34.9 Å². The number of ether oxygens (including phenoxy) is 2. The Labute approximate surface area is 144 Å². The minimum Gasteiger partial charge on any atom is -0.486 e. The van der Waals surface area contributed by atoms with Crippen molar-refractivity contribution in [3.8, 4) is 11.5 Å². The number of sulfonamides is 1. The van der Waals surface area contributed by atoms with Crippen LogP contribution < -0.4 is 14.2 Å². The number of rotatable bonds is 3. The summed E-state index contributed by atoms with van der Waals surface area (Å²) in [6.07, 6.45) is 0. The highest BCUT2D eigenvalue weighted by molar-refractivity contribution is 9.10. The minimum absolute atomic E-state index is 0.0942. The van der Waals surface area contributed by atoms with Crippen LogP contribution in [0.3, 0.4) is 0 Å². The molecule has 3 rings (SSSR count). The second-order valence-corrected chi connectivity index (χ2v) is 7.96. The second-order valence-electron chi connectivity index (χ2n) is 4.54. The van der Waals surface area contributed by atoms with Gasteiger partial charge in [0.1, 0.15) is 18.1 Å². The maximum Gasteiger partial charge on any atom is 0.263 e. The molecule has 0 bridgehead atoms. The van der Waals surface area contributed by atoms with Crippen molar-refractivity contribution in [2.24, 2.45) is 0 Å². The van der Waals surface area contributed by atoms with Crippen molar-refractivity contribution in [2.45, 2.75) is 4.90 Å². The van der Waals surface area contributed by atoms with Crippen LogP contribution in [0.1, 0.15) is 0 Å². The topological polar surface area (TPSA) is 64.6 Å². The molecule has 0 aliphatic carbocycles. The van der Waals surface area contributed by atoms with Crippen LogP contribution in [0.2, 0.25) is 0 Å². The number of nitrogens with one attached hydrogen (secondary N) is 1. The molecule has 0 radical (unpaired) electrons. The first-order valence-corrected chi connectivity index (χ1v) is 9.40. The summed E-state index contributed by atoms with van der Waals surface area (Å²) < 4.78 is 39.7. The van der Waals surface area contributed by atoms with Gasteiger partial charge in [0.25, 0.3) is 10.0 Å². The number of benzene rings is 2.